The molecule has 4 heterocycles. The highest BCUT2D eigenvalue weighted by atomic mass is 19.2. The van der Waals surface area contributed by atoms with Crippen molar-refractivity contribution in [2.75, 3.05) is 24.7 Å². The fraction of sp³-hybridized carbons (Fsp3) is 0.294. The van der Waals surface area contributed by atoms with Crippen LogP contribution in [0.1, 0.15) is 23.7 Å². The number of anilines is 1. The number of cyclic esters (lactones) is 1. The van der Waals surface area contributed by atoms with E-state index in [2.05, 4.69) is 15.1 Å². The normalized spacial score (nSPS) is 20.3. The third-order valence-corrected chi connectivity index (χ3v) is 4.52. The largest absolute Gasteiger partial charge is 0.446 e. The van der Waals surface area contributed by atoms with Crippen LogP contribution in [0.2, 0.25) is 0 Å². The molecule has 2 aromatic heterocycles. The van der Waals surface area contributed by atoms with Gasteiger partial charge in [-0.3, -0.25) is 0 Å². The van der Waals surface area contributed by atoms with E-state index in [4.69, 9.17) is 18.7 Å². The van der Waals surface area contributed by atoms with Crippen LogP contribution in [0.15, 0.2) is 29.0 Å². The maximum atomic E-state index is 14.6. The third-order valence-electron chi connectivity index (χ3n) is 4.52. The van der Waals surface area contributed by atoms with Crippen molar-refractivity contribution in [2.45, 2.75) is 12.3 Å². The highest BCUT2D eigenvalue weighted by Crippen LogP contribution is 2.39. The van der Waals surface area contributed by atoms with Crippen molar-refractivity contribution < 1.29 is 32.3 Å². The number of carbonyl (C=O) groups excluding carboxylic acids is 1. The van der Waals surface area contributed by atoms with Gasteiger partial charge in [-0.05, 0) is 12.1 Å². The van der Waals surface area contributed by atoms with Gasteiger partial charge >= 0.3 is 6.09 Å². The van der Waals surface area contributed by atoms with Gasteiger partial charge in [-0.15, -0.1) is 0 Å². The maximum Gasteiger partial charge on any atom is 0.416 e. The Labute approximate surface area is 155 Å². The average molecular weight is 390 g/mol. The van der Waals surface area contributed by atoms with E-state index in [1.165, 1.54) is 18.5 Å². The van der Waals surface area contributed by atoms with Gasteiger partial charge in [0.15, 0.2) is 23.7 Å². The Balaban J connectivity index is 1.65. The first-order chi connectivity index (χ1) is 13.6. The molecule has 2 fully saturated rings. The smallest absolute Gasteiger partial charge is 0.416 e. The molecule has 3 aromatic rings. The lowest BCUT2D eigenvalue weighted by Gasteiger charge is -2.17. The predicted molar refractivity (Wildman–Crippen MR) is 87.2 cm³/mol. The van der Waals surface area contributed by atoms with Crippen molar-refractivity contribution in [3.63, 3.8) is 0 Å². The lowest BCUT2D eigenvalue weighted by molar-refractivity contribution is -0.0467. The van der Waals surface area contributed by atoms with Crippen LogP contribution in [0.4, 0.5) is 19.4 Å². The number of rotatable bonds is 3. The molecule has 1 atom stereocenters. The van der Waals surface area contributed by atoms with Crippen LogP contribution < -0.4 is 4.90 Å². The number of nitrogens with zero attached hydrogens (tertiary/aromatic N) is 4. The number of aromatic nitrogens is 3. The Morgan fingerprint density at radius 2 is 1.86 bits per heavy atom. The van der Waals surface area contributed by atoms with Crippen LogP contribution in [-0.2, 0) is 14.2 Å². The summed E-state index contributed by atoms with van der Waals surface area (Å²) in [7, 11) is 0. The molecule has 9 nitrogen and oxygen atoms in total. The van der Waals surface area contributed by atoms with Gasteiger partial charge < -0.3 is 18.7 Å². The molecule has 11 heteroatoms. The first-order valence-electron chi connectivity index (χ1n) is 8.38. The Morgan fingerprint density at radius 3 is 2.61 bits per heavy atom. The van der Waals surface area contributed by atoms with Gasteiger partial charge in [0, 0.05) is 18.0 Å². The van der Waals surface area contributed by atoms with E-state index in [1.807, 2.05) is 0 Å². The molecule has 0 saturated carbocycles. The van der Waals surface area contributed by atoms with E-state index >= 15 is 0 Å². The Hall–Kier alpha value is -3.18. The summed E-state index contributed by atoms with van der Waals surface area (Å²) in [6.07, 6.45) is 1.26. The van der Waals surface area contributed by atoms with E-state index in [9.17, 15) is 13.6 Å². The number of ether oxygens (including phenoxy) is 3. The molecule has 2 saturated heterocycles. The molecule has 5 rings (SSSR count). The zero-order valence-electron chi connectivity index (χ0n) is 14.2. The first-order valence-corrected chi connectivity index (χ1v) is 8.38. The van der Waals surface area contributed by atoms with E-state index in [0.717, 1.165) is 4.90 Å². The molecule has 0 N–H and O–H groups in total. The van der Waals surface area contributed by atoms with E-state index in [1.54, 1.807) is 6.07 Å². The number of hydrogen-bond acceptors (Lipinski definition) is 8. The van der Waals surface area contributed by atoms with E-state index in [-0.39, 0.29) is 36.6 Å². The van der Waals surface area contributed by atoms with Gasteiger partial charge in [0.2, 0.25) is 11.4 Å². The van der Waals surface area contributed by atoms with Gasteiger partial charge in [0.1, 0.15) is 12.6 Å². The lowest BCUT2D eigenvalue weighted by atomic mass is 10.1. The van der Waals surface area contributed by atoms with Crippen molar-refractivity contribution in [1.82, 2.24) is 15.1 Å². The summed E-state index contributed by atoms with van der Waals surface area (Å²) in [5.74, 6) is -2.12. The second-order valence-electron chi connectivity index (χ2n) is 6.12. The minimum Gasteiger partial charge on any atom is -0.446 e. The Morgan fingerprint density at radius 1 is 1.11 bits per heavy atom. The monoisotopic (exact) mass is 390 g/mol. The second-order valence-corrected chi connectivity index (χ2v) is 6.12. The van der Waals surface area contributed by atoms with Crippen LogP contribution in [0.5, 0.6) is 0 Å². The summed E-state index contributed by atoms with van der Waals surface area (Å²) in [6, 6.07) is 2.23. The number of carbonyl (C=O) groups is 1. The minimum atomic E-state index is -1.24. The van der Waals surface area contributed by atoms with Crippen molar-refractivity contribution in [1.29, 1.82) is 0 Å². The van der Waals surface area contributed by atoms with Crippen molar-refractivity contribution in [2.24, 2.45) is 0 Å². The van der Waals surface area contributed by atoms with Crippen LogP contribution in [0, 0.1) is 11.6 Å². The quantitative estimate of drug-likeness (QED) is 0.673. The van der Waals surface area contributed by atoms with Crippen molar-refractivity contribution >= 4 is 22.9 Å². The highest BCUT2D eigenvalue weighted by Gasteiger charge is 2.41. The standard InChI is InChI=1S/C17H12F2N4O5/c18-11-8(16-25-4-5-26-16)6-9-13(12(11)19)28-22-15(9)23-10(7-27-17(23)24)14-20-2-1-3-21-14/h1-3,6,10,16H,4-5,7H2. The van der Waals surface area contributed by atoms with E-state index < -0.39 is 35.6 Å². The molecule has 2 aliphatic heterocycles. The van der Waals surface area contributed by atoms with Crippen molar-refractivity contribution in [3.05, 3.63) is 47.5 Å². The molecule has 1 unspecified atom stereocenters. The molecule has 144 valence electrons. The molecule has 0 spiro atoms. The summed E-state index contributed by atoms with van der Waals surface area (Å²) in [5, 5.41) is 3.86. The number of halogens is 2. The van der Waals surface area contributed by atoms with E-state index in [0.29, 0.717) is 5.82 Å². The molecular formula is C17H12F2N4O5. The molecule has 28 heavy (non-hydrogen) atoms. The zero-order valence-corrected chi connectivity index (χ0v) is 14.2. The predicted octanol–water partition coefficient (Wildman–Crippen LogP) is 2.64. The summed E-state index contributed by atoms with van der Waals surface area (Å²) in [6.45, 7) is 0.487. The lowest BCUT2D eigenvalue weighted by Crippen LogP contribution is -2.29. The summed E-state index contributed by atoms with van der Waals surface area (Å²) < 4.78 is 49.6. The fourth-order valence-electron chi connectivity index (χ4n) is 3.23. The SMILES string of the molecule is O=C1OCC(c2ncccn2)N1c1noc2c(F)c(F)c(C3OCCO3)cc12. The minimum absolute atomic E-state index is 0.0252. The number of benzene rings is 1. The van der Waals surface area contributed by atoms with Crippen molar-refractivity contribution in [3.8, 4) is 0 Å². The first kappa shape index (κ1) is 17.0. The van der Waals surface area contributed by atoms with Gasteiger partial charge in [0.25, 0.3) is 0 Å². The van der Waals surface area contributed by atoms with Crippen LogP contribution in [0.3, 0.4) is 0 Å². The summed E-state index contributed by atoms with van der Waals surface area (Å²) in [5.41, 5.74) is -0.575. The molecule has 0 bridgehead atoms. The van der Waals surface area contributed by atoms with Crippen LogP contribution >= 0.6 is 0 Å². The molecular weight excluding hydrogens is 378 g/mol. The Kier molecular flexibility index (Phi) is 3.91. The molecule has 1 aromatic carbocycles. The number of amides is 1. The summed E-state index contributed by atoms with van der Waals surface area (Å²) in [4.78, 5) is 21.8. The van der Waals surface area contributed by atoms with Crippen LogP contribution in [0.25, 0.3) is 11.0 Å². The number of fused-ring (bicyclic) bond motifs is 1. The van der Waals surface area contributed by atoms with Gasteiger partial charge in [-0.25, -0.2) is 24.1 Å². The molecule has 0 aliphatic carbocycles. The molecule has 2 aliphatic rings. The molecule has 1 amide bonds. The third kappa shape index (κ3) is 2.51. The Bertz CT molecular complexity index is 1050. The van der Waals surface area contributed by atoms with Gasteiger partial charge in [0.05, 0.1) is 18.6 Å². The fourth-order valence-corrected chi connectivity index (χ4v) is 3.23. The zero-order chi connectivity index (χ0) is 19.3. The average Bonchev–Trinajstić information content (AvgIpc) is 3.45. The van der Waals surface area contributed by atoms with Crippen LogP contribution in [-0.4, -0.2) is 41.0 Å². The van der Waals surface area contributed by atoms with Gasteiger partial charge in [-0.2, -0.15) is 4.39 Å². The maximum absolute atomic E-state index is 14.6. The number of hydrogen-bond donors (Lipinski definition) is 0. The topological polar surface area (TPSA) is 99.8 Å². The molecule has 0 radical (unpaired) electrons. The van der Waals surface area contributed by atoms with Gasteiger partial charge in [-0.1, -0.05) is 5.16 Å². The summed E-state index contributed by atoms with van der Waals surface area (Å²) >= 11 is 0. The highest BCUT2D eigenvalue weighted by molar-refractivity contribution is 5.99. The second kappa shape index (κ2) is 6.46.